The summed E-state index contributed by atoms with van der Waals surface area (Å²) in [6.45, 7) is 0.227. The number of hydrogen-bond acceptors (Lipinski definition) is 3. The molecular weight excluding hydrogens is 387 g/mol. The summed E-state index contributed by atoms with van der Waals surface area (Å²) < 4.78 is 42.5. The predicted octanol–water partition coefficient (Wildman–Crippen LogP) is 3.46. The summed E-state index contributed by atoms with van der Waals surface area (Å²) in [6, 6.07) is 7.99. The molecular formula is C17H17ClF3N3O3. The van der Waals surface area contributed by atoms with Gasteiger partial charge >= 0.3 is 6.18 Å². The Morgan fingerprint density at radius 3 is 2.41 bits per heavy atom. The van der Waals surface area contributed by atoms with Crippen molar-refractivity contribution < 1.29 is 27.5 Å². The normalized spacial score (nSPS) is 12.4. The van der Waals surface area contributed by atoms with E-state index in [-0.39, 0.29) is 17.1 Å². The van der Waals surface area contributed by atoms with Crippen LogP contribution >= 0.6 is 11.6 Å². The average Bonchev–Trinajstić information content (AvgIpc) is 3.02. The van der Waals surface area contributed by atoms with Gasteiger partial charge in [-0.2, -0.15) is 13.2 Å². The monoisotopic (exact) mass is 403 g/mol. The van der Waals surface area contributed by atoms with Gasteiger partial charge in [-0.1, -0.05) is 23.7 Å². The SMILES string of the molecule is CNC(=O)c1[nH]c(C(=O)NCC(F)(F)F)cc1OC(C)c1ccc(Cl)cc1. The molecule has 1 aromatic carbocycles. The minimum Gasteiger partial charge on any atom is -0.484 e. The van der Waals surface area contributed by atoms with Crippen molar-refractivity contribution in [1.29, 1.82) is 0 Å². The van der Waals surface area contributed by atoms with Crippen molar-refractivity contribution in [1.82, 2.24) is 15.6 Å². The van der Waals surface area contributed by atoms with Crippen molar-refractivity contribution in [3.05, 3.63) is 52.3 Å². The van der Waals surface area contributed by atoms with Crippen molar-refractivity contribution in [3.63, 3.8) is 0 Å². The van der Waals surface area contributed by atoms with Crippen LogP contribution in [0.25, 0.3) is 0 Å². The highest BCUT2D eigenvalue weighted by atomic mass is 35.5. The van der Waals surface area contributed by atoms with Gasteiger partial charge in [0.1, 0.15) is 24.0 Å². The van der Waals surface area contributed by atoms with E-state index in [1.807, 2.05) is 0 Å². The number of rotatable bonds is 6. The average molecular weight is 404 g/mol. The lowest BCUT2D eigenvalue weighted by Gasteiger charge is -2.15. The van der Waals surface area contributed by atoms with E-state index < -0.39 is 30.6 Å². The molecule has 1 atom stereocenters. The number of benzene rings is 1. The Morgan fingerprint density at radius 2 is 1.85 bits per heavy atom. The summed E-state index contributed by atoms with van der Waals surface area (Å²) in [5, 5.41) is 4.65. The second-order valence-corrected chi connectivity index (χ2v) is 6.05. The third kappa shape index (κ3) is 5.65. The molecule has 2 aromatic rings. The number of halogens is 4. The van der Waals surface area contributed by atoms with Gasteiger partial charge in [0.05, 0.1) is 0 Å². The van der Waals surface area contributed by atoms with E-state index in [2.05, 4.69) is 10.3 Å². The fraction of sp³-hybridized carbons (Fsp3) is 0.294. The summed E-state index contributed by atoms with van der Waals surface area (Å²) in [7, 11) is 1.37. The number of carbonyl (C=O) groups excluding carboxylic acids is 2. The lowest BCUT2D eigenvalue weighted by Crippen LogP contribution is -2.34. The summed E-state index contributed by atoms with van der Waals surface area (Å²) in [4.78, 5) is 26.4. The fourth-order valence-corrected chi connectivity index (χ4v) is 2.34. The van der Waals surface area contributed by atoms with E-state index in [1.54, 1.807) is 36.5 Å². The molecule has 0 fully saturated rings. The Balaban J connectivity index is 2.23. The standard InChI is InChI=1S/C17H17ClF3N3O3/c1-9(10-3-5-11(18)6-4-10)27-13-7-12(24-14(13)16(26)22-2)15(25)23-8-17(19,20)21/h3-7,9,24H,8H2,1-2H3,(H,22,26)(H,23,25). The van der Waals surface area contributed by atoms with Crippen LogP contribution in [0.4, 0.5) is 13.2 Å². The van der Waals surface area contributed by atoms with Crippen LogP contribution in [0.3, 0.4) is 0 Å². The summed E-state index contributed by atoms with van der Waals surface area (Å²) >= 11 is 5.84. The Labute approximate surface area is 158 Å². The minimum atomic E-state index is -4.55. The first-order chi connectivity index (χ1) is 12.6. The van der Waals surface area contributed by atoms with Gasteiger partial charge in [0, 0.05) is 18.1 Å². The predicted molar refractivity (Wildman–Crippen MR) is 93.1 cm³/mol. The van der Waals surface area contributed by atoms with E-state index in [0.717, 1.165) is 5.56 Å². The number of ether oxygens (including phenoxy) is 1. The van der Waals surface area contributed by atoms with Crippen LogP contribution in [0.15, 0.2) is 30.3 Å². The molecule has 0 radical (unpaired) electrons. The molecule has 3 N–H and O–H groups in total. The quantitative estimate of drug-likeness (QED) is 0.690. The second kappa shape index (κ2) is 8.34. The van der Waals surface area contributed by atoms with Crippen LogP contribution in [0, 0.1) is 0 Å². The lowest BCUT2D eigenvalue weighted by molar-refractivity contribution is -0.123. The smallest absolute Gasteiger partial charge is 0.405 e. The van der Waals surface area contributed by atoms with E-state index in [9.17, 15) is 22.8 Å². The number of carbonyl (C=O) groups is 2. The van der Waals surface area contributed by atoms with Crippen LogP contribution in [0.1, 0.15) is 39.6 Å². The third-order valence-electron chi connectivity index (χ3n) is 3.57. The zero-order chi connectivity index (χ0) is 20.2. The number of amides is 2. The third-order valence-corrected chi connectivity index (χ3v) is 3.82. The molecule has 27 heavy (non-hydrogen) atoms. The highest BCUT2D eigenvalue weighted by Crippen LogP contribution is 2.27. The number of hydrogen-bond donors (Lipinski definition) is 3. The van der Waals surface area contributed by atoms with Crippen LogP contribution in [0.2, 0.25) is 5.02 Å². The number of H-pyrrole nitrogens is 1. The van der Waals surface area contributed by atoms with Gasteiger partial charge in [0.2, 0.25) is 0 Å². The van der Waals surface area contributed by atoms with Crippen molar-refractivity contribution in [2.24, 2.45) is 0 Å². The van der Waals surface area contributed by atoms with E-state index in [4.69, 9.17) is 16.3 Å². The maximum Gasteiger partial charge on any atom is 0.405 e. The molecule has 1 unspecified atom stereocenters. The van der Waals surface area contributed by atoms with Crippen LogP contribution in [0.5, 0.6) is 5.75 Å². The molecule has 146 valence electrons. The highest BCUT2D eigenvalue weighted by molar-refractivity contribution is 6.30. The maximum absolute atomic E-state index is 12.3. The topological polar surface area (TPSA) is 83.2 Å². The summed E-state index contributed by atoms with van der Waals surface area (Å²) in [5.41, 5.74) is 0.457. The first kappa shape index (κ1) is 20.6. The van der Waals surface area contributed by atoms with Crippen LogP contribution < -0.4 is 15.4 Å². The lowest BCUT2D eigenvalue weighted by atomic mass is 10.1. The van der Waals surface area contributed by atoms with Gasteiger partial charge in [0.15, 0.2) is 5.75 Å². The molecule has 2 amide bonds. The molecule has 0 aliphatic rings. The van der Waals surface area contributed by atoms with Crippen molar-refractivity contribution in [2.45, 2.75) is 19.2 Å². The molecule has 0 bridgehead atoms. The maximum atomic E-state index is 12.3. The number of aromatic amines is 1. The van der Waals surface area contributed by atoms with E-state index >= 15 is 0 Å². The Kier molecular flexibility index (Phi) is 6.37. The van der Waals surface area contributed by atoms with Gasteiger partial charge in [-0.3, -0.25) is 9.59 Å². The number of aromatic nitrogens is 1. The Hall–Kier alpha value is -2.68. The molecule has 1 aromatic heterocycles. The van der Waals surface area contributed by atoms with Crippen molar-refractivity contribution >= 4 is 23.4 Å². The van der Waals surface area contributed by atoms with Crippen LogP contribution in [-0.2, 0) is 0 Å². The molecule has 6 nitrogen and oxygen atoms in total. The number of alkyl halides is 3. The first-order valence-corrected chi connectivity index (χ1v) is 8.20. The Bertz CT molecular complexity index is 819. The molecule has 0 saturated carbocycles. The van der Waals surface area contributed by atoms with Gasteiger partial charge < -0.3 is 20.4 Å². The fourth-order valence-electron chi connectivity index (χ4n) is 2.21. The van der Waals surface area contributed by atoms with Gasteiger partial charge in [-0.05, 0) is 24.6 Å². The van der Waals surface area contributed by atoms with Crippen LogP contribution in [-0.4, -0.2) is 36.6 Å². The molecule has 0 aliphatic carbocycles. The van der Waals surface area contributed by atoms with Gasteiger partial charge in [-0.25, -0.2) is 0 Å². The van der Waals surface area contributed by atoms with E-state index in [1.165, 1.54) is 13.1 Å². The molecule has 2 rings (SSSR count). The molecule has 0 spiro atoms. The van der Waals surface area contributed by atoms with E-state index in [0.29, 0.717) is 5.02 Å². The summed E-state index contributed by atoms with van der Waals surface area (Å²) in [5.74, 6) is -1.55. The second-order valence-electron chi connectivity index (χ2n) is 5.61. The zero-order valence-electron chi connectivity index (χ0n) is 14.4. The first-order valence-electron chi connectivity index (χ1n) is 7.83. The van der Waals surface area contributed by atoms with Gasteiger partial charge in [0.25, 0.3) is 11.8 Å². The van der Waals surface area contributed by atoms with Gasteiger partial charge in [-0.15, -0.1) is 0 Å². The Morgan fingerprint density at radius 1 is 1.22 bits per heavy atom. The zero-order valence-corrected chi connectivity index (χ0v) is 15.2. The number of nitrogens with one attached hydrogen (secondary N) is 3. The summed E-state index contributed by atoms with van der Waals surface area (Å²) in [6.07, 6.45) is -5.05. The highest BCUT2D eigenvalue weighted by Gasteiger charge is 2.29. The molecule has 10 heteroatoms. The molecule has 0 saturated heterocycles. The molecule has 1 heterocycles. The van der Waals surface area contributed by atoms with Crippen molar-refractivity contribution in [3.8, 4) is 5.75 Å². The largest absolute Gasteiger partial charge is 0.484 e. The van der Waals surface area contributed by atoms with Crippen molar-refractivity contribution in [2.75, 3.05) is 13.6 Å². The minimum absolute atomic E-state index is 0.0361. The molecule has 0 aliphatic heterocycles.